The molecule has 0 aliphatic carbocycles. The molecule has 0 saturated carbocycles. The average Bonchev–Trinajstić information content (AvgIpc) is 3.76. The van der Waals surface area contributed by atoms with Crippen molar-refractivity contribution in [3.63, 3.8) is 0 Å². The van der Waals surface area contributed by atoms with Gasteiger partial charge in [0.1, 0.15) is 11.4 Å². The van der Waals surface area contributed by atoms with E-state index in [2.05, 4.69) is 89.8 Å². The van der Waals surface area contributed by atoms with Crippen LogP contribution in [0, 0.1) is 0 Å². The van der Waals surface area contributed by atoms with Gasteiger partial charge in [0.15, 0.2) is 0 Å². The summed E-state index contributed by atoms with van der Waals surface area (Å²) in [6.07, 6.45) is 5.94. The standard InChI is InChI=1S/C35H39N7O2/c1-5-6-11-31-36-30-17-16-25(35(4)21-26-18-19-34(2,3)42(26)44-35)20-29(30)33(43)41(31)22-23-12-14-24(15-13-23)27-9-7-8-10-28(27)32-37-39-40-38-32/h7-10,12-17,20,26H,5-6,11,18-19,21-22H2,1-4H3,(H,37,38,39,40)/t26-,35+/m1/s1. The molecule has 44 heavy (non-hydrogen) atoms. The van der Waals surface area contributed by atoms with Crippen LogP contribution in [0.15, 0.2) is 71.5 Å². The number of aryl methyl sites for hydroxylation is 1. The number of H-pyrrole nitrogens is 1. The van der Waals surface area contributed by atoms with Gasteiger partial charge in [0, 0.05) is 30.0 Å². The SMILES string of the molecule is CCCCc1nc2ccc([C@]3(C)C[C@H]4CCC(C)(C)N4O3)cc2c(=O)n1Cc1ccc(-c2ccccc2-c2nn[nH]n2)cc1. The Hall–Kier alpha value is -4.21. The van der Waals surface area contributed by atoms with Gasteiger partial charge in [-0.2, -0.15) is 10.3 Å². The Bertz CT molecular complexity index is 1860. The maximum atomic E-state index is 14.2. The van der Waals surface area contributed by atoms with E-state index in [-0.39, 0.29) is 11.1 Å². The molecule has 0 spiro atoms. The number of rotatable bonds is 8. The first-order valence-corrected chi connectivity index (χ1v) is 15.7. The lowest BCUT2D eigenvalue weighted by Crippen LogP contribution is -2.39. The van der Waals surface area contributed by atoms with Crippen LogP contribution in [-0.2, 0) is 23.4 Å². The van der Waals surface area contributed by atoms with Crippen LogP contribution in [0.4, 0.5) is 0 Å². The number of nitrogens with one attached hydrogen (secondary N) is 1. The molecule has 0 bridgehead atoms. The van der Waals surface area contributed by atoms with Gasteiger partial charge in [-0.1, -0.05) is 67.9 Å². The summed E-state index contributed by atoms with van der Waals surface area (Å²) < 4.78 is 1.86. The fourth-order valence-electron chi connectivity index (χ4n) is 6.96. The van der Waals surface area contributed by atoms with Gasteiger partial charge >= 0.3 is 0 Å². The van der Waals surface area contributed by atoms with Gasteiger partial charge < -0.3 is 0 Å². The molecule has 0 unspecified atom stereocenters. The molecule has 2 aliphatic rings. The van der Waals surface area contributed by atoms with Gasteiger partial charge in [-0.15, -0.1) is 10.2 Å². The monoisotopic (exact) mass is 589 g/mol. The van der Waals surface area contributed by atoms with E-state index in [0.29, 0.717) is 23.8 Å². The average molecular weight is 590 g/mol. The minimum absolute atomic E-state index is 0.00286. The van der Waals surface area contributed by atoms with Gasteiger partial charge in [0.25, 0.3) is 5.56 Å². The van der Waals surface area contributed by atoms with Crippen molar-refractivity contribution in [1.82, 2.24) is 35.2 Å². The van der Waals surface area contributed by atoms with Crippen LogP contribution in [0.1, 0.15) is 76.8 Å². The molecule has 3 aromatic carbocycles. The minimum atomic E-state index is -0.470. The van der Waals surface area contributed by atoms with Gasteiger partial charge in [0.05, 0.1) is 17.4 Å². The van der Waals surface area contributed by atoms with E-state index in [1.165, 1.54) is 0 Å². The number of hydrogen-bond donors (Lipinski definition) is 1. The molecule has 1 N–H and O–H groups in total. The van der Waals surface area contributed by atoms with Gasteiger partial charge in [0.2, 0.25) is 5.82 Å². The van der Waals surface area contributed by atoms with Crippen LogP contribution in [0.25, 0.3) is 33.4 Å². The van der Waals surface area contributed by atoms with Crippen molar-refractivity contribution in [1.29, 1.82) is 0 Å². The van der Waals surface area contributed by atoms with Gasteiger partial charge in [-0.3, -0.25) is 14.2 Å². The number of hydrogen-bond acceptors (Lipinski definition) is 7. The first-order chi connectivity index (χ1) is 21.3. The molecule has 2 fully saturated rings. The van der Waals surface area contributed by atoms with E-state index in [4.69, 9.17) is 9.82 Å². The third kappa shape index (κ3) is 5.04. The molecule has 2 atom stereocenters. The smallest absolute Gasteiger partial charge is 0.261 e. The Balaban J connectivity index is 1.22. The van der Waals surface area contributed by atoms with Crippen LogP contribution in [0.2, 0.25) is 0 Å². The first kappa shape index (κ1) is 28.6. The molecule has 9 heteroatoms. The summed E-state index contributed by atoms with van der Waals surface area (Å²) in [6, 6.07) is 22.9. The maximum absolute atomic E-state index is 14.2. The van der Waals surface area contributed by atoms with Gasteiger partial charge in [-0.25, -0.2) is 4.98 Å². The summed E-state index contributed by atoms with van der Waals surface area (Å²) in [5.41, 5.74) is 5.34. The zero-order valence-electron chi connectivity index (χ0n) is 25.9. The summed E-state index contributed by atoms with van der Waals surface area (Å²) in [5, 5.41) is 17.4. The highest BCUT2D eigenvalue weighted by Gasteiger charge is 2.52. The molecular formula is C35H39N7O2. The first-order valence-electron chi connectivity index (χ1n) is 15.7. The number of tetrazole rings is 1. The van der Waals surface area contributed by atoms with Crippen LogP contribution in [0.3, 0.4) is 0 Å². The summed E-state index contributed by atoms with van der Waals surface area (Å²) in [5.74, 6) is 1.38. The number of hydroxylamine groups is 2. The van der Waals surface area contributed by atoms with E-state index in [1.54, 1.807) is 0 Å². The summed E-state index contributed by atoms with van der Waals surface area (Å²) in [7, 11) is 0. The molecule has 2 aromatic heterocycles. The Morgan fingerprint density at radius 2 is 1.82 bits per heavy atom. The van der Waals surface area contributed by atoms with Crippen LogP contribution < -0.4 is 5.56 Å². The predicted octanol–water partition coefficient (Wildman–Crippen LogP) is 6.43. The lowest BCUT2D eigenvalue weighted by atomic mass is 9.88. The highest BCUT2D eigenvalue weighted by atomic mass is 16.7. The molecule has 0 amide bonds. The van der Waals surface area contributed by atoms with E-state index >= 15 is 0 Å². The highest BCUT2D eigenvalue weighted by Crippen LogP contribution is 2.49. The summed E-state index contributed by atoms with van der Waals surface area (Å²) >= 11 is 0. The topological polar surface area (TPSA) is 102 Å². The number of unbranched alkanes of at least 4 members (excludes halogenated alkanes) is 1. The molecule has 2 aliphatic heterocycles. The highest BCUT2D eigenvalue weighted by molar-refractivity contribution is 5.80. The van der Waals surface area contributed by atoms with Crippen LogP contribution in [-0.4, -0.2) is 46.8 Å². The summed E-state index contributed by atoms with van der Waals surface area (Å²) in [6.45, 7) is 9.27. The molecule has 9 nitrogen and oxygen atoms in total. The van der Waals surface area contributed by atoms with E-state index < -0.39 is 5.60 Å². The number of nitrogens with zero attached hydrogens (tertiary/aromatic N) is 6. The second-order valence-corrected chi connectivity index (χ2v) is 13.1. The van der Waals surface area contributed by atoms with Gasteiger partial charge in [-0.05, 0) is 79.6 Å². The van der Waals surface area contributed by atoms with Crippen molar-refractivity contribution >= 4 is 10.9 Å². The van der Waals surface area contributed by atoms with Crippen LogP contribution >= 0.6 is 0 Å². The third-order valence-electron chi connectivity index (χ3n) is 9.46. The zero-order valence-corrected chi connectivity index (χ0v) is 25.9. The molecule has 7 rings (SSSR count). The Labute approximate surface area is 257 Å². The van der Waals surface area contributed by atoms with Crippen molar-refractivity contribution in [2.24, 2.45) is 0 Å². The molecule has 2 saturated heterocycles. The molecular weight excluding hydrogens is 550 g/mol. The van der Waals surface area contributed by atoms with Crippen molar-refractivity contribution in [2.45, 2.75) is 89.9 Å². The Kier molecular flexibility index (Phi) is 7.17. The Morgan fingerprint density at radius 3 is 2.55 bits per heavy atom. The van der Waals surface area contributed by atoms with Crippen LogP contribution in [0.5, 0.6) is 0 Å². The fourth-order valence-corrected chi connectivity index (χ4v) is 6.96. The minimum Gasteiger partial charge on any atom is -0.292 e. The maximum Gasteiger partial charge on any atom is 0.261 e. The number of aromatic nitrogens is 6. The fraction of sp³-hybridized carbons (Fsp3) is 0.400. The largest absolute Gasteiger partial charge is 0.292 e. The van der Waals surface area contributed by atoms with Crippen molar-refractivity contribution in [2.75, 3.05) is 0 Å². The third-order valence-corrected chi connectivity index (χ3v) is 9.46. The lowest BCUT2D eigenvalue weighted by Gasteiger charge is -2.33. The Morgan fingerprint density at radius 1 is 1.02 bits per heavy atom. The molecule has 226 valence electrons. The van der Waals surface area contributed by atoms with Crippen molar-refractivity contribution in [3.8, 4) is 22.5 Å². The molecule has 0 radical (unpaired) electrons. The van der Waals surface area contributed by atoms with Crippen molar-refractivity contribution in [3.05, 3.63) is 94.0 Å². The normalized spacial score (nSPS) is 21.2. The second-order valence-electron chi connectivity index (χ2n) is 13.1. The lowest BCUT2D eigenvalue weighted by molar-refractivity contribution is -0.234. The van der Waals surface area contributed by atoms with E-state index in [0.717, 1.165) is 77.7 Å². The summed E-state index contributed by atoms with van der Waals surface area (Å²) in [4.78, 5) is 25.9. The number of aromatic amines is 1. The molecule has 4 heterocycles. The quantitative estimate of drug-likeness (QED) is 0.223. The number of fused-ring (bicyclic) bond motifs is 2. The van der Waals surface area contributed by atoms with E-state index in [9.17, 15) is 4.79 Å². The second kappa shape index (κ2) is 11.1. The number of benzene rings is 3. The van der Waals surface area contributed by atoms with Crippen molar-refractivity contribution < 1.29 is 4.84 Å². The molecule has 5 aromatic rings. The van der Waals surface area contributed by atoms with E-state index in [1.807, 2.05) is 34.9 Å². The zero-order chi connectivity index (χ0) is 30.5. The predicted molar refractivity (Wildman–Crippen MR) is 171 cm³/mol.